The first-order valence-corrected chi connectivity index (χ1v) is 6.64. The molecule has 0 aromatic heterocycles. The summed E-state index contributed by atoms with van der Waals surface area (Å²) in [7, 11) is 0. The lowest BCUT2D eigenvalue weighted by molar-refractivity contribution is -0.0498. The summed E-state index contributed by atoms with van der Waals surface area (Å²) in [6.07, 6.45) is 0. The molecule has 1 amide bonds. The maximum Gasteiger partial charge on any atom is 0.387 e. The van der Waals surface area contributed by atoms with Gasteiger partial charge in [0.15, 0.2) is 0 Å². The predicted octanol–water partition coefficient (Wildman–Crippen LogP) is 3.15. The second-order valence-corrected chi connectivity index (χ2v) is 4.59. The Kier molecular flexibility index (Phi) is 5.24. The van der Waals surface area contributed by atoms with Crippen LogP contribution in [0.5, 0.6) is 11.5 Å². The predicted molar refractivity (Wildman–Crippen MR) is 80.9 cm³/mol. The van der Waals surface area contributed by atoms with E-state index < -0.39 is 12.5 Å². The molecule has 23 heavy (non-hydrogen) atoms. The smallest absolute Gasteiger partial charge is 0.387 e. The molecular formula is C16H14F2N2O3. The molecule has 0 atom stereocenters. The standard InChI is InChI=1S/C16H14F2N2O3/c1-10(11-4-8-14(9-5-11)23-16(17)18)19-20-15(22)12-2-6-13(21)7-3-12/h2-9,16,21H,1H3,(H,20,22)/b19-10-. The number of nitrogens with one attached hydrogen (secondary N) is 1. The molecule has 0 bridgehead atoms. The highest BCUT2D eigenvalue weighted by Gasteiger charge is 2.06. The van der Waals surface area contributed by atoms with Gasteiger partial charge in [-0.15, -0.1) is 0 Å². The number of hydrogen-bond donors (Lipinski definition) is 2. The van der Waals surface area contributed by atoms with Gasteiger partial charge in [0.2, 0.25) is 0 Å². The molecule has 0 aliphatic rings. The molecule has 5 nitrogen and oxygen atoms in total. The zero-order valence-electron chi connectivity index (χ0n) is 12.2. The molecule has 120 valence electrons. The zero-order chi connectivity index (χ0) is 16.8. The van der Waals surface area contributed by atoms with Crippen molar-refractivity contribution in [2.75, 3.05) is 0 Å². The highest BCUT2D eigenvalue weighted by Crippen LogP contribution is 2.15. The van der Waals surface area contributed by atoms with Crippen LogP contribution in [-0.2, 0) is 0 Å². The van der Waals surface area contributed by atoms with Gasteiger partial charge < -0.3 is 9.84 Å². The largest absolute Gasteiger partial charge is 0.508 e. The monoisotopic (exact) mass is 320 g/mol. The topological polar surface area (TPSA) is 70.9 Å². The maximum absolute atomic E-state index is 12.1. The molecule has 0 aliphatic carbocycles. The van der Waals surface area contributed by atoms with Crippen LogP contribution in [0, 0.1) is 0 Å². The third kappa shape index (κ3) is 4.77. The van der Waals surface area contributed by atoms with Crippen LogP contribution in [0.25, 0.3) is 0 Å². The first kappa shape index (κ1) is 16.4. The highest BCUT2D eigenvalue weighted by atomic mass is 19.3. The molecule has 2 N–H and O–H groups in total. The van der Waals surface area contributed by atoms with Crippen LogP contribution in [0.2, 0.25) is 0 Å². The molecule has 0 aliphatic heterocycles. The van der Waals surface area contributed by atoms with E-state index in [0.29, 0.717) is 16.8 Å². The number of benzene rings is 2. The number of carbonyl (C=O) groups is 1. The fourth-order valence-corrected chi connectivity index (χ4v) is 1.75. The van der Waals surface area contributed by atoms with Gasteiger partial charge in [0, 0.05) is 5.56 Å². The molecule has 2 aromatic carbocycles. The molecule has 0 radical (unpaired) electrons. The van der Waals surface area contributed by atoms with Crippen LogP contribution >= 0.6 is 0 Å². The average Bonchev–Trinajstić information content (AvgIpc) is 2.53. The van der Waals surface area contributed by atoms with E-state index >= 15 is 0 Å². The summed E-state index contributed by atoms with van der Waals surface area (Å²) in [6, 6.07) is 11.6. The molecule has 0 saturated carbocycles. The summed E-state index contributed by atoms with van der Waals surface area (Å²) in [5, 5.41) is 13.1. The van der Waals surface area contributed by atoms with Gasteiger partial charge >= 0.3 is 6.61 Å². The Morgan fingerprint density at radius 1 is 1.09 bits per heavy atom. The van der Waals surface area contributed by atoms with E-state index in [1.807, 2.05) is 0 Å². The molecular weight excluding hydrogens is 306 g/mol. The van der Waals surface area contributed by atoms with Crippen molar-refractivity contribution >= 4 is 11.6 Å². The summed E-state index contributed by atoms with van der Waals surface area (Å²) in [4.78, 5) is 11.9. The number of nitrogens with zero attached hydrogens (tertiary/aromatic N) is 1. The Hall–Kier alpha value is -2.96. The van der Waals surface area contributed by atoms with Gasteiger partial charge in [0.25, 0.3) is 5.91 Å². The lowest BCUT2D eigenvalue weighted by Crippen LogP contribution is -2.19. The number of amides is 1. The second kappa shape index (κ2) is 7.35. The Morgan fingerprint density at radius 3 is 2.22 bits per heavy atom. The van der Waals surface area contributed by atoms with E-state index in [2.05, 4.69) is 15.3 Å². The first-order chi connectivity index (χ1) is 11.0. The van der Waals surface area contributed by atoms with Crippen molar-refractivity contribution in [1.82, 2.24) is 5.43 Å². The number of carbonyl (C=O) groups excluding carboxylic acids is 1. The number of rotatable bonds is 5. The zero-order valence-corrected chi connectivity index (χ0v) is 12.2. The molecule has 2 aromatic rings. The maximum atomic E-state index is 12.1. The van der Waals surface area contributed by atoms with Crippen molar-refractivity contribution < 1.29 is 23.4 Å². The summed E-state index contributed by atoms with van der Waals surface area (Å²) in [6.45, 7) is -1.21. The molecule has 0 spiro atoms. The van der Waals surface area contributed by atoms with E-state index in [1.165, 1.54) is 36.4 Å². The van der Waals surface area contributed by atoms with Gasteiger partial charge in [-0.05, 0) is 61.0 Å². The van der Waals surface area contributed by atoms with Crippen LogP contribution in [-0.4, -0.2) is 23.3 Å². The van der Waals surface area contributed by atoms with Crippen molar-refractivity contribution in [2.45, 2.75) is 13.5 Å². The van der Waals surface area contributed by atoms with E-state index in [0.717, 1.165) is 0 Å². The average molecular weight is 320 g/mol. The Labute approximate surface area is 131 Å². The van der Waals surface area contributed by atoms with Gasteiger partial charge in [-0.25, -0.2) is 5.43 Å². The highest BCUT2D eigenvalue weighted by molar-refractivity contribution is 6.00. The van der Waals surface area contributed by atoms with Crippen LogP contribution < -0.4 is 10.2 Å². The van der Waals surface area contributed by atoms with Crippen molar-refractivity contribution in [1.29, 1.82) is 0 Å². The second-order valence-electron chi connectivity index (χ2n) is 4.59. The van der Waals surface area contributed by atoms with Crippen LogP contribution in [0.3, 0.4) is 0 Å². The van der Waals surface area contributed by atoms with Crippen molar-refractivity contribution in [3.05, 3.63) is 59.7 Å². The molecule has 0 heterocycles. The number of alkyl halides is 2. The van der Waals surface area contributed by atoms with Gasteiger partial charge in [-0.2, -0.15) is 13.9 Å². The third-order valence-electron chi connectivity index (χ3n) is 2.95. The molecule has 0 saturated heterocycles. The summed E-state index contributed by atoms with van der Waals surface area (Å²) >= 11 is 0. The quantitative estimate of drug-likeness (QED) is 0.657. The minimum atomic E-state index is -2.87. The number of halogens is 2. The number of hydrazone groups is 1. The minimum Gasteiger partial charge on any atom is -0.508 e. The lowest BCUT2D eigenvalue weighted by atomic mass is 10.1. The van der Waals surface area contributed by atoms with Crippen LogP contribution in [0.1, 0.15) is 22.8 Å². The van der Waals surface area contributed by atoms with Gasteiger partial charge in [0.1, 0.15) is 11.5 Å². The van der Waals surface area contributed by atoms with Crippen molar-refractivity contribution in [2.24, 2.45) is 5.10 Å². The fourth-order valence-electron chi connectivity index (χ4n) is 1.75. The normalized spacial score (nSPS) is 11.4. The van der Waals surface area contributed by atoms with E-state index in [4.69, 9.17) is 5.11 Å². The number of hydrogen-bond acceptors (Lipinski definition) is 4. The molecule has 0 fully saturated rings. The Morgan fingerprint density at radius 2 is 1.65 bits per heavy atom. The van der Waals surface area contributed by atoms with Crippen molar-refractivity contribution in [3.8, 4) is 11.5 Å². The SMILES string of the molecule is C/C(=N/NC(=O)c1ccc(O)cc1)c1ccc(OC(F)F)cc1. The summed E-state index contributed by atoms with van der Waals surface area (Å²) in [5.74, 6) is -0.320. The number of aromatic hydroxyl groups is 1. The fraction of sp³-hybridized carbons (Fsp3) is 0.125. The summed E-state index contributed by atoms with van der Waals surface area (Å²) < 4.78 is 28.4. The van der Waals surface area contributed by atoms with Gasteiger partial charge in [-0.3, -0.25) is 4.79 Å². The molecule has 0 unspecified atom stereocenters. The number of phenols is 1. The molecule has 2 rings (SSSR count). The Balaban J connectivity index is 2.01. The van der Waals surface area contributed by atoms with Crippen LogP contribution in [0.4, 0.5) is 8.78 Å². The molecule has 7 heteroatoms. The first-order valence-electron chi connectivity index (χ1n) is 6.64. The minimum absolute atomic E-state index is 0.0460. The lowest BCUT2D eigenvalue weighted by Gasteiger charge is -2.06. The van der Waals surface area contributed by atoms with Gasteiger partial charge in [0.05, 0.1) is 5.71 Å². The number of ether oxygens (including phenoxy) is 1. The number of phenolic OH excluding ortho intramolecular Hbond substituents is 1. The summed E-state index contributed by atoms with van der Waals surface area (Å²) in [5.41, 5.74) is 3.88. The third-order valence-corrected chi connectivity index (χ3v) is 2.95. The van der Waals surface area contributed by atoms with Crippen molar-refractivity contribution in [3.63, 3.8) is 0 Å². The van der Waals surface area contributed by atoms with E-state index in [-0.39, 0.29) is 11.5 Å². The van der Waals surface area contributed by atoms with E-state index in [9.17, 15) is 13.6 Å². The van der Waals surface area contributed by atoms with Gasteiger partial charge in [-0.1, -0.05) is 0 Å². The Bertz CT molecular complexity index is 698. The van der Waals surface area contributed by atoms with Crippen LogP contribution in [0.15, 0.2) is 53.6 Å². The van der Waals surface area contributed by atoms with E-state index in [1.54, 1.807) is 19.1 Å².